The van der Waals surface area contributed by atoms with Gasteiger partial charge in [0.1, 0.15) is 11.4 Å². The van der Waals surface area contributed by atoms with Crippen LogP contribution in [0, 0.1) is 0 Å². The molecule has 1 aromatic rings. The van der Waals surface area contributed by atoms with E-state index in [4.69, 9.17) is 9.47 Å². The predicted molar refractivity (Wildman–Crippen MR) is 96.5 cm³/mol. The van der Waals surface area contributed by atoms with Crippen molar-refractivity contribution in [2.45, 2.75) is 34.5 Å². The summed E-state index contributed by atoms with van der Waals surface area (Å²) in [7, 11) is 1.45. The minimum absolute atomic E-state index is 0.282. The van der Waals surface area contributed by atoms with E-state index in [0.29, 0.717) is 5.56 Å². The molecule has 2 fully saturated rings. The van der Waals surface area contributed by atoms with E-state index in [1.807, 2.05) is 13.8 Å². The lowest BCUT2D eigenvalue weighted by atomic mass is 9.97. The molecule has 1 aromatic carbocycles. The number of hydrogen-bond donors (Lipinski definition) is 0. The summed E-state index contributed by atoms with van der Waals surface area (Å²) in [5.41, 5.74) is 0.479. The van der Waals surface area contributed by atoms with Gasteiger partial charge in [-0.2, -0.15) is 0 Å². The van der Waals surface area contributed by atoms with Gasteiger partial charge in [0, 0.05) is 17.4 Å². The van der Waals surface area contributed by atoms with Crippen LogP contribution >= 0.6 is 27.7 Å². The molecule has 3 atom stereocenters. The molecule has 1 amide bonds. The number of thioether (sulfide) groups is 1. The Morgan fingerprint density at radius 3 is 2.52 bits per heavy atom. The van der Waals surface area contributed by atoms with Gasteiger partial charge in [-0.25, -0.2) is 4.79 Å². The minimum Gasteiger partial charge on any atom is -0.456 e. The van der Waals surface area contributed by atoms with E-state index in [0.717, 1.165) is 0 Å². The van der Waals surface area contributed by atoms with Gasteiger partial charge in [0.05, 0.1) is 0 Å². The van der Waals surface area contributed by atoms with E-state index in [1.54, 1.807) is 30.3 Å². The topological polar surface area (TPSA) is 72.9 Å². The number of carbonyl (C=O) groups is 3. The zero-order valence-electron chi connectivity index (χ0n) is 14.0. The van der Waals surface area contributed by atoms with Crippen molar-refractivity contribution in [2.24, 2.45) is 0 Å². The second kappa shape index (κ2) is 6.41. The molecule has 0 N–H and O–H groups in total. The Morgan fingerprint density at radius 1 is 1.28 bits per heavy atom. The molecule has 6 nitrogen and oxygen atoms in total. The first kappa shape index (κ1) is 18.4. The van der Waals surface area contributed by atoms with Crippen molar-refractivity contribution < 1.29 is 23.9 Å². The number of nitrogens with zero attached hydrogens (tertiary/aromatic N) is 1. The first-order valence-electron chi connectivity index (χ1n) is 7.72. The van der Waals surface area contributed by atoms with Crippen molar-refractivity contribution in [2.75, 3.05) is 13.7 Å². The molecule has 2 aliphatic heterocycles. The fourth-order valence-corrected chi connectivity index (χ4v) is 5.38. The second-order valence-corrected chi connectivity index (χ2v) is 9.35. The number of halogens is 1. The summed E-state index contributed by atoms with van der Waals surface area (Å²) in [6.07, 6.45) is 0. The van der Waals surface area contributed by atoms with Crippen LogP contribution in [-0.2, 0) is 19.1 Å². The number of Topliss-reactive ketones (excluding diaryl/α,β-unsaturated/α-hetero) is 1. The van der Waals surface area contributed by atoms with Gasteiger partial charge in [-0.3, -0.25) is 9.59 Å². The fraction of sp³-hybridized carbons (Fsp3) is 0.471. The zero-order valence-corrected chi connectivity index (χ0v) is 16.4. The van der Waals surface area contributed by atoms with E-state index in [1.165, 1.54) is 23.8 Å². The van der Waals surface area contributed by atoms with Crippen molar-refractivity contribution in [3.63, 3.8) is 0 Å². The maximum atomic E-state index is 12.6. The first-order chi connectivity index (χ1) is 11.7. The van der Waals surface area contributed by atoms with Crippen LogP contribution in [0.3, 0.4) is 0 Å². The molecule has 0 spiro atoms. The van der Waals surface area contributed by atoms with Crippen LogP contribution in [0.5, 0.6) is 0 Å². The summed E-state index contributed by atoms with van der Waals surface area (Å²) < 4.78 is 8.84. The average molecular weight is 428 g/mol. The van der Waals surface area contributed by atoms with Gasteiger partial charge >= 0.3 is 5.97 Å². The lowest BCUT2D eigenvalue weighted by molar-refractivity contribution is -0.177. The molecule has 3 rings (SSSR count). The van der Waals surface area contributed by atoms with E-state index in [2.05, 4.69) is 15.9 Å². The normalized spacial score (nSPS) is 29.8. The molecule has 0 aliphatic carbocycles. The van der Waals surface area contributed by atoms with Crippen molar-refractivity contribution in [3.05, 3.63) is 35.9 Å². The molecule has 2 saturated heterocycles. The molecule has 0 radical (unpaired) electrons. The van der Waals surface area contributed by atoms with Gasteiger partial charge in [0.15, 0.2) is 12.4 Å². The third kappa shape index (κ3) is 2.90. The van der Waals surface area contributed by atoms with Crippen LogP contribution in [0.2, 0.25) is 0 Å². The highest BCUT2D eigenvalue weighted by atomic mass is 79.9. The molecular formula is C17H18BrNO5S. The number of benzene rings is 1. The van der Waals surface area contributed by atoms with Gasteiger partial charge in [0.2, 0.25) is 4.51 Å². The highest BCUT2D eigenvalue weighted by molar-refractivity contribution is 9.10. The molecule has 25 heavy (non-hydrogen) atoms. The number of rotatable bonds is 5. The summed E-state index contributed by atoms with van der Waals surface area (Å²) in [6.45, 7) is 3.39. The largest absolute Gasteiger partial charge is 0.456 e. The number of fused-ring (bicyclic) bond motifs is 1. The molecule has 134 valence electrons. The molecular weight excluding hydrogens is 410 g/mol. The number of esters is 1. The monoisotopic (exact) mass is 427 g/mol. The number of β-lactam (4-membered cyclic amide) rings is 1. The van der Waals surface area contributed by atoms with E-state index >= 15 is 0 Å². The number of carbonyl (C=O) groups excluding carboxylic acids is 3. The number of methoxy groups -OCH3 is 1. The molecule has 2 heterocycles. The highest BCUT2D eigenvalue weighted by Gasteiger charge is 2.71. The Bertz CT molecular complexity index is 725. The summed E-state index contributed by atoms with van der Waals surface area (Å²) in [6, 6.07) is 7.86. The maximum Gasteiger partial charge on any atom is 0.330 e. The fourth-order valence-electron chi connectivity index (χ4n) is 3.08. The number of ketones is 1. The van der Waals surface area contributed by atoms with Crippen LogP contribution < -0.4 is 0 Å². The Balaban J connectivity index is 1.70. The third-order valence-electron chi connectivity index (χ3n) is 4.41. The van der Waals surface area contributed by atoms with Gasteiger partial charge in [-0.15, -0.1) is 11.8 Å². The quantitative estimate of drug-likeness (QED) is 0.310. The Morgan fingerprint density at radius 2 is 1.92 bits per heavy atom. The SMILES string of the molecule is COC1(Br)C(=O)N2[C@@H](C(=O)OCC(=O)c3ccccc3)C(C)(C)S[C@@H]21. The smallest absolute Gasteiger partial charge is 0.330 e. The predicted octanol–water partition coefficient (Wildman–Crippen LogP) is 2.21. The zero-order chi connectivity index (χ0) is 18.4. The van der Waals surface area contributed by atoms with Gasteiger partial charge in [-0.05, 0) is 29.8 Å². The van der Waals surface area contributed by atoms with Crippen molar-refractivity contribution in [1.82, 2.24) is 4.90 Å². The number of amides is 1. The lowest BCUT2D eigenvalue weighted by Gasteiger charge is -2.48. The van der Waals surface area contributed by atoms with Crippen LogP contribution in [0.1, 0.15) is 24.2 Å². The van der Waals surface area contributed by atoms with Crippen LogP contribution in [0.15, 0.2) is 30.3 Å². The van der Waals surface area contributed by atoms with Crippen LogP contribution in [0.25, 0.3) is 0 Å². The average Bonchev–Trinajstić information content (AvgIpc) is 2.88. The number of alkyl halides is 1. The Kier molecular flexibility index (Phi) is 4.72. The highest BCUT2D eigenvalue weighted by Crippen LogP contribution is 2.58. The second-order valence-electron chi connectivity index (χ2n) is 6.43. The molecule has 8 heteroatoms. The number of ether oxygens (including phenoxy) is 2. The third-order valence-corrected chi connectivity index (χ3v) is 7.42. The Hall–Kier alpha value is -1.38. The maximum absolute atomic E-state index is 12.6. The van der Waals surface area contributed by atoms with Crippen molar-refractivity contribution in [1.29, 1.82) is 0 Å². The molecule has 1 unspecified atom stereocenters. The molecule has 0 aromatic heterocycles. The molecule has 0 bridgehead atoms. The van der Waals surface area contributed by atoms with Crippen LogP contribution in [-0.4, -0.2) is 56.9 Å². The number of hydrogen-bond acceptors (Lipinski definition) is 6. The van der Waals surface area contributed by atoms with Gasteiger partial charge in [-0.1, -0.05) is 30.3 Å². The van der Waals surface area contributed by atoms with Crippen LogP contribution in [0.4, 0.5) is 0 Å². The van der Waals surface area contributed by atoms with Gasteiger partial charge < -0.3 is 14.4 Å². The van der Waals surface area contributed by atoms with E-state index in [9.17, 15) is 14.4 Å². The summed E-state index contributed by atoms with van der Waals surface area (Å²) in [4.78, 5) is 38.6. The van der Waals surface area contributed by atoms with E-state index in [-0.39, 0.29) is 23.7 Å². The summed E-state index contributed by atoms with van der Waals surface area (Å²) in [5, 5.41) is -0.317. The van der Waals surface area contributed by atoms with Crippen molar-refractivity contribution >= 4 is 45.4 Å². The standard InChI is InChI=1S/C17H18BrNO5S/c1-16(2)12(19-14(22)17(18,23-3)15(19)25-16)13(21)24-9-11(20)10-7-5-4-6-8-10/h4-8,12,15H,9H2,1-3H3/t12-,15+,17?/m0/s1. The summed E-state index contributed by atoms with van der Waals surface area (Å²) >= 11 is 4.79. The minimum atomic E-state index is -1.11. The Labute approximate surface area is 158 Å². The molecule has 0 saturated carbocycles. The van der Waals surface area contributed by atoms with E-state index < -0.39 is 21.3 Å². The van der Waals surface area contributed by atoms with Gasteiger partial charge in [0.25, 0.3) is 5.91 Å². The lowest BCUT2D eigenvalue weighted by Crippen LogP contribution is -2.71. The first-order valence-corrected chi connectivity index (χ1v) is 9.39. The molecule has 2 aliphatic rings. The summed E-state index contributed by atoms with van der Waals surface area (Å²) in [5.74, 6) is -1.17. The van der Waals surface area contributed by atoms with Crippen molar-refractivity contribution in [3.8, 4) is 0 Å².